The second kappa shape index (κ2) is 5.06. The number of hydrogen-bond donors (Lipinski definition) is 0. The van der Waals surface area contributed by atoms with E-state index in [0.29, 0.717) is 0 Å². The van der Waals surface area contributed by atoms with Crippen molar-refractivity contribution < 1.29 is 9.85 Å². The Hall–Kier alpha value is -2.44. The summed E-state index contributed by atoms with van der Waals surface area (Å²) in [7, 11) is 3.50. The Morgan fingerprint density at radius 3 is 2.29 bits per heavy atom. The minimum absolute atomic E-state index is 0.206. The molecule has 0 aromatic heterocycles. The fourth-order valence-electron chi connectivity index (χ4n) is 1.26. The Kier molecular flexibility index (Phi) is 3.76. The lowest BCUT2D eigenvalue weighted by Gasteiger charge is -2.03. The van der Waals surface area contributed by atoms with Crippen LogP contribution in [-0.4, -0.2) is 28.8 Å². The molecule has 0 spiro atoms. The highest BCUT2D eigenvalue weighted by molar-refractivity contribution is 5.69. The molecule has 0 bridgehead atoms. The van der Waals surface area contributed by atoms with Crippen molar-refractivity contribution in [3.05, 3.63) is 50.2 Å². The lowest BCUT2D eigenvalue weighted by atomic mass is 10.1. The van der Waals surface area contributed by atoms with Crippen LogP contribution in [0.4, 0.5) is 11.4 Å². The number of rotatable bonds is 4. The van der Waals surface area contributed by atoms with E-state index >= 15 is 0 Å². The number of nitrogens with zero attached hydrogens (tertiary/aromatic N) is 3. The molecule has 0 amide bonds. The zero-order chi connectivity index (χ0) is 13.0. The molecule has 0 saturated carbocycles. The smallest absolute Gasteiger partial charge is 0.353 e. The standard InChI is InChI=1S/C10H11N3O4/c1-11(2)7-6-8-4-3-5-9(12(14)15)10(8)13(16)17/h3-7H,1-2H3. The average molecular weight is 237 g/mol. The number of benzene rings is 1. The third-order valence-electron chi connectivity index (χ3n) is 1.98. The summed E-state index contributed by atoms with van der Waals surface area (Å²) in [5.41, 5.74) is -0.788. The molecular weight excluding hydrogens is 226 g/mol. The van der Waals surface area contributed by atoms with Crippen molar-refractivity contribution in [3.8, 4) is 0 Å². The van der Waals surface area contributed by atoms with Crippen LogP contribution in [0, 0.1) is 20.2 Å². The molecule has 0 aliphatic carbocycles. The van der Waals surface area contributed by atoms with Crippen LogP contribution in [-0.2, 0) is 0 Å². The minimum Gasteiger partial charge on any atom is -0.383 e. The Morgan fingerprint density at radius 1 is 1.18 bits per heavy atom. The van der Waals surface area contributed by atoms with E-state index in [1.165, 1.54) is 18.2 Å². The van der Waals surface area contributed by atoms with Crippen molar-refractivity contribution in [3.63, 3.8) is 0 Å². The summed E-state index contributed by atoms with van der Waals surface area (Å²) in [6, 6.07) is 4.00. The Labute approximate surface area is 97.3 Å². The highest BCUT2D eigenvalue weighted by Gasteiger charge is 2.26. The summed E-state index contributed by atoms with van der Waals surface area (Å²) in [5.74, 6) is 0. The van der Waals surface area contributed by atoms with E-state index in [1.807, 2.05) is 0 Å². The second-order valence-corrected chi connectivity index (χ2v) is 3.51. The molecule has 17 heavy (non-hydrogen) atoms. The molecule has 1 aromatic carbocycles. The fourth-order valence-corrected chi connectivity index (χ4v) is 1.26. The van der Waals surface area contributed by atoms with E-state index in [9.17, 15) is 20.2 Å². The van der Waals surface area contributed by atoms with Gasteiger partial charge in [-0.2, -0.15) is 0 Å². The third-order valence-corrected chi connectivity index (χ3v) is 1.98. The van der Waals surface area contributed by atoms with Gasteiger partial charge in [-0.1, -0.05) is 6.07 Å². The van der Waals surface area contributed by atoms with Gasteiger partial charge in [0.1, 0.15) is 0 Å². The van der Waals surface area contributed by atoms with Crippen LogP contribution in [0.25, 0.3) is 6.08 Å². The van der Waals surface area contributed by atoms with E-state index in [2.05, 4.69) is 0 Å². The van der Waals surface area contributed by atoms with Gasteiger partial charge < -0.3 is 4.90 Å². The van der Waals surface area contributed by atoms with Crippen LogP contribution >= 0.6 is 0 Å². The van der Waals surface area contributed by atoms with E-state index < -0.39 is 21.2 Å². The molecule has 7 nitrogen and oxygen atoms in total. The van der Waals surface area contributed by atoms with Crippen molar-refractivity contribution >= 4 is 17.5 Å². The van der Waals surface area contributed by atoms with Gasteiger partial charge >= 0.3 is 11.4 Å². The molecule has 0 radical (unpaired) electrons. The summed E-state index contributed by atoms with van der Waals surface area (Å²) < 4.78 is 0. The quantitative estimate of drug-likeness (QED) is 0.590. The molecular formula is C10H11N3O4. The Bertz CT molecular complexity index is 482. The maximum Gasteiger partial charge on any atom is 0.353 e. The predicted molar refractivity (Wildman–Crippen MR) is 62.5 cm³/mol. The van der Waals surface area contributed by atoms with Crippen LogP contribution in [0.1, 0.15) is 5.56 Å². The number of nitro groups is 2. The maximum absolute atomic E-state index is 10.8. The second-order valence-electron chi connectivity index (χ2n) is 3.51. The van der Waals surface area contributed by atoms with Crippen LogP contribution in [0.2, 0.25) is 0 Å². The molecule has 0 heterocycles. The van der Waals surface area contributed by atoms with Crippen molar-refractivity contribution in [1.29, 1.82) is 0 Å². The van der Waals surface area contributed by atoms with Gasteiger partial charge in [0.2, 0.25) is 0 Å². The van der Waals surface area contributed by atoms with Gasteiger partial charge in [0.05, 0.1) is 15.4 Å². The predicted octanol–water partition coefficient (Wildman–Crippen LogP) is 2.04. The minimum atomic E-state index is -0.759. The Balaban J connectivity index is 3.35. The van der Waals surface area contributed by atoms with E-state index in [4.69, 9.17) is 0 Å². The lowest BCUT2D eigenvalue weighted by Crippen LogP contribution is -2.01. The molecule has 1 rings (SSSR count). The van der Waals surface area contributed by atoms with E-state index in [0.717, 1.165) is 6.07 Å². The molecule has 1 aromatic rings. The highest BCUT2D eigenvalue weighted by atomic mass is 16.6. The molecule has 0 aliphatic heterocycles. The first-order chi connectivity index (χ1) is 7.93. The summed E-state index contributed by atoms with van der Waals surface area (Å²) in [5, 5.41) is 21.5. The van der Waals surface area contributed by atoms with Crippen molar-refractivity contribution in [1.82, 2.24) is 4.90 Å². The molecule has 90 valence electrons. The summed E-state index contributed by atoms with van der Waals surface area (Å²) in [4.78, 5) is 21.7. The first-order valence-corrected chi connectivity index (χ1v) is 4.70. The summed E-state index contributed by atoms with van der Waals surface area (Å²) in [6.07, 6.45) is 3.05. The van der Waals surface area contributed by atoms with Crippen molar-refractivity contribution in [2.45, 2.75) is 0 Å². The van der Waals surface area contributed by atoms with Crippen LogP contribution in [0.3, 0.4) is 0 Å². The lowest BCUT2D eigenvalue weighted by molar-refractivity contribution is -0.422. The van der Waals surface area contributed by atoms with Crippen LogP contribution < -0.4 is 0 Å². The largest absolute Gasteiger partial charge is 0.383 e. The summed E-state index contributed by atoms with van der Waals surface area (Å²) in [6.45, 7) is 0. The summed E-state index contributed by atoms with van der Waals surface area (Å²) >= 11 is 0. The zero-order valence-corrected chi connectivity index (χ0v) is 9.36. The number of para-hydroxylation sites is 1. The van der Waals surface area contributed by atoms with Crippen molar-refractivity contribution in [2.24, 2.45) is 0 Å². The van der Waals surface area contributed by atoms with Crippen molar-refractivity contribution in [2.75, 3.05) is 14.1 Å². The normalized spacial score (nSPS) is 10.5. The van der Waals surface area contributed by atoms with Gasteiger partial charge in [0, 0.05) is 20.2 Å². The Morgan fingerprint density at radius 2 is 1.82 bits per heavy atom. The molecule has 0 atom stereocenters. The van der Waals surface area contributed by atoms with Gasteiger partial charge in [0.15, 0.2) is 0 Å². The topological polar surface area (TPSA) is 89.5 Å². The zero-order valence-electron chi connectivity index (χ0n) is 9.36. The van der Waals surface area contributed by atoms with Gasteiger partial charge in [-0.3, -0.25) is 20.2 Å². The molecule has 0 aliphatic rings. The monoisotopic (exact) mass is 237 g/mol. The van der Waals surface area contributed by atoms with E-state index in [-0.39, 0.29) is 5.56 Å². The number of nitro benzene ring substituents is 2. The molecule has 0 unspecified atom stereocenters. The first-order valence-electron chi connectivity index (χ1n) is 4.70. The SMILES string of the molecule is CN(C)C=Cc1cccc([N+](=O)[O-])c1[N+](=O)[O-]. The molecule has 7 heteroatoms. The maximum atomic E-state index is 10.8. The van der Waals surface area contributed by atoms with Gasteiger partial charge in [-0.15, -0.1) is 0 Å². The van der Waals surface area contributed by atoms with Crippen LogP contribution in [0.15, 0.2) is 24.4 Å². The molecule has 0 fully saturated rings. The average Bonchev–Trinajstić information content (AvgIpc) is 2.25. The number of hydrogen-bond acceptors (Lipinski definition) is 5. The van der Waals surface area contributed by atoms with Gasteiger partial charge in [0.25, 0.3) is 0 Å². The highest BCUT2D eigenvalue weighted by Crippen LogP contribution is 2.31. The fraction of sp³-hybridized carbons (Fsp3) is 0.200. The van der Waals surface area contributed by atoms with E-state index in [1.54, 1.807) is 25.2 Å². The van der Waals surface area contributed by atoms with Gasteiger partial charge in [-0.25, -0.2) is 0 Å². The van der Waals surface area contributed by atoms with Crippen LogP contribution in [0.5, 0.6) is 0 Å². The first kappa shape index (κ1) is 12.6. The van der Waals surface area contributed by atoms with Gasteiger partial charge in [-0.05, 0) is 18.3 Å². The molecule has 0 saturated heterocycles. The third kappa shape index (κ3) is 3.00. The molecule has 0 N–H and O–H groups in total.